The van der Waals surface area contributed by atoms with Crippen LogP contribution in [0, 0.1) is 5.82 Å². The van der Waals surface area contributed by atoms with Crippen LogP contribution in [0.3, 0.4) is 0 Å². The van der Waals surface area contributed by atoms with Gasteiger partial charge >= 0.3 is 6.03 Å². The lowest BCUT2D eigenvalue weighted by atomic mass is 9.90. The standard InChI is InChI=1S/C17H21FN4O5/c18-10-2-1-3-11(8-10)21-17(27)22-12-6-9(7-13(23)15(12)25)16(26)20-5-4-14(19)24/h1-3,6,8,12-13,15,23,25H,4-5,7H2,(H2,19,24)(H,20,26)(H2,21,22,27)/t12-,13-,15-/m1/s1. The van der Waals surface area contributed by atoms with E-state index in [1.54, 1.807) is 0 Å². The summed E-state index contributed by atoms with van der Waals surface area (Å²) in [6.45, 7) is 0.0301. The van der Waals surface area contributed by atoms with Crippen molar-refractivity contribution in [1.82, 2.24) is 10.6 Å². The summed E-state index contributed by atoms with van der Waals surface area (Å²) in [5, 5.41) is 27.3. The zero-order valence-electron chi connectivity index (χ0n) is 14.3. The molecule has 0 heterocycles. The van der Waals surface area contributed by atoms with Crippen LogP contribution in [-0.4, -0.2) is 52.9 Å². The SMILES string of the molecule is NC(=O)CCNC(=O)C1=C[C@@H](NC(=O)Nc2cccc(F)c2)[C@@H](O)[C@H](O)C1. The molecule has 0 aliphatic heterocycles. The Bertz CT molecular complexity index is 755. The van der Waals surface area contributed by atoms with E-state index in [0.717, 1.165) is 6.07 Å². The Hall–Kier alpha value is -2.98. The smallest absolute Gasteiger partial charge is 0.319 e. The molecule has 0 radical (unpaired) electrons. The van der Waals surface area contributed by atoms with Gasteiger partial charge in [0.25, 0.3) is 0 Å². The van der Waals surface area contributed by atoms with Crippen molar-refractivity contribution < 1.29 is 29.0 Å². The van der Waals surface area contributed by atoms with Gasteiger partial charge in [-0.2, -0.15) is 0 Å². The Morgan fingerprint density at radius 2 is 2.00 bits per heavy atom. The van der Waals surface area contributed by atoms with E-state index >= 15 is 0 Å². The Morgan fingerprint density at radius 3 is 2.67 bits per heavy atom. The first-order chi connectivity index (χ1) is 12.8. The van der Waals surface area contributed by atoms with Gasteiger partial charge in [0, 0.05) is 30.6 Å². The van der Waals surface area contributed by atoms with Crippen LogP contribution in [0.1, 0.15) is 12.8 Å². The Labute approximate surface area is 154 Å². The number of amides is 4. The summed E-state index contributed by atoms with van der Waals surface area (Å²) in [4.78, 5) is 34.8. The fraction of sp³-hybridized carbons (Fsp3) is 0.353. The highest BCUT2D eigenvalue weighted by molar-refractivity contribution is 5.94. The van der Waals surface area contributed by atoms with Crippen LogP contribution in [-0.2, 0) is 9.59 Å². The van der Waals surface area contributed by atoms with Crippen molar-refractivity contribution in [2.24, 2.45) is 5.73 Å². The lowest BCUT2D eigenvalue weighted by molar-refractivity contribution is -0.119. The zero-order chi connectivity index (χ0) is 20.0. The normalized spacial score (nSPS) is 21.7. The molecule has 4 amide bonds. The minimum absolute atomic E-state index is 0.0301. The molecule has 0 spiro atoms. The van der Waals surface area contributed by atoms with Crippen LogP contribution in [0.4, 0.5) is 14.9 Å². The first-order valence-corrected chi connectivity index (χ1v) is 8.22. The molecular weight excluding hydrogens is 359 g/mol. The second kappa shape index (κ2) is 9.10. The maximum absolute atomic E-state index is 13.2. The molecule has 7 N–H and O–H groups in total. The minimum atomic E-state index is -1.33. The van der Waals surface area contributed by atoms with E-state index in [1.165, 1.54) is 24.3 Å². The fourth-order valence-electron chi connectivity index (χ4n) is 2.56. The minimum Gasteiger partial charge on any atom is -0.390 e. The average molecular weight is 380 g/mol. The van der Waals surface area contributed by atoms with Gasteiger partial charge in [0.2, 0.25) is 11.8 Å². The second-order valence-electron chi connectivity index (χ2n) is 6.06. The van der Waals surface area contributed by atoms with E-state index in [2.05, 4.69) is 16.0 Å². The monoisotopic (exact) mass is 380 g/mol. The van der Waals surface area contributed by atoms with Gasteiger partial charge in [-0.1, -0.05) is 12.1 Å². The van der Waals surface area contributed by atoms with Crippen molar-refractivity contribution in [1.29, 1.82) is 0 Å². The number of aliphatic hydroxyl groups excluding tert-OH is 2. The number of hydrogen-bond donors (Lipinski definition) is 6. The van der Waals surface area contributed by atoms with E-state index in [1.807, 2.05) is 0 Å². The van der Waals surface area contributed by atoms with Crippen molar-refractivity contribution in [3.63, 3.8) is 0 Å². The molecule has 1 aliphatic rings. The number of primary amides is 1. The number of halogens is 1. The maximum Gasteiger partial charge on any atom is 0.319 e. The van der Waals surface area contributed by atoms with Crippen molar-refractivity contribution in [2.75, 3.05) is 11.9 Å². The summed E-state index contributed by atoms with van der Waals surface area (Å²) >= 11 is 0. The van der Waals surface area contributed by atoms with Crippen LogP contribution < -0.4 is 21.7 Å². The molecule has 0 bridgehead atoms. The van der Waals surface area contributed by atoms with E-state index in [4.69, 9.17) is 5.73 Å². The van der Waals surface area contributed by atoms with Gasteiger partial charge in [-0.25, -0.2) is 9.18 Å². The number of anilines is 1. The molecule has 0 unspecified atom stereocenters. The number of carbonyl (C=O) groups is 3. The summed E-state index contributed by atoms with van der Waals surface area (Å²) in [6.07, 6.45) is -1.44. The molecule has 9 nitrogen and oxygen atoms in total. The molecular formula is C17H21FN4O5. The second-order valence-corrected chi connectivity index (χ2v) is 6.06. The molecule has 0 saturated heterocycles. The third-order valence-corrected chi connectivity index (χ3v) is 3.90. The predicted molar refractivity (Wildman–Crippen MR) is 93.9 cm³/mol. The molecule has 27 heavy (non-hydrogen) atoms. The topological polar surface area (TPSA) is 154 Å². The van der Waals surface area contributed by atoms with Crippen molar-refractivity contribution in [3.05, 3.63) is 41.7 Å². The number of nitrogens with two attached hydrogens (primary N) is 1. The first kappa shape index (κ1) is 20.3. The summed E-state index contributed by atoms with van der Waals surface area (Å²) in [5.41, 5.74) is 5.34. The summed E-state index contributed by atoms with van der Waals surface area (Å²) in [5.74, 6) is -1.65. The van der Waals surface area contributed by atoms with Gasteiger partial charge < -0.3 is 31.9 Å². The third kappa shape index (κ3) is 6.04. The highest BCUT2D eigenvalue weighted by Crippen LogP contribution is 2.20. The maximum atomic E-state index is 13.2. The number of rotatable bonds is 6. The van der Waals surface area contributed by atoms with Gasteiger partial charge in [0.1, 0.15) is 11.9 Å². The molecule has 3 atom stereocenters. The van der Waals surface area contributed by atoms with Gasteiger partial charge in [-0.3, -0.25) is 9.59 Å². The molecule has 1 aliphatic carbocycles. The van der Waals surface area contributed by atoms with Gasteiger partial charge in [-0.05, 0) is 18.2 Å². The third-order valence-electron chi connectivity index (χ3n) is 3.90. The Morgan fingerprint density at radius 1 is 1.26 bits per heavy atom. The number of carbonyl (C=O) groups excluding carboxylic acids is 3. The first-order valence-electron chi connectivity index (χ1n) is 8.22. The van der Waals surface area contributed by atoms with E-state index in [-0.39, 0.29) is 30.6 Å². The molecule has 0 saturated carbocycles. The zero-order valence-corrected chi connectivity index (χ0v) is 14.3. The summed E-state index contributed by atoms with van der Waals surface area (Å²) in [7, 11) is 0. The van der Waals surface area contributed by atoms with Crippen LogP contribution in [0.15, 0.2) is 35.9 Å². The van der Waals surface area contributed by atoms with Crippen molar-refractivity contribution in [2.45, 2.75) is 31.1 Å². The van der Waals surface area contributed by atoms with E-state index < -0.39 is 41.9 Å². The number of aliphatic hydroxyl groups is 2. The van der Waals surface area contributed by atoms with Crippen molar-refractivity contribution in [3.8, 4) is 0 Å². The van der Waals surface area contributed by atoms with Crippen LogP contribution in [0.2, 0.25) is 0 Å². The van der Waals surface area contributed by atoms with Crippen LogP contribution in [0.25, 0.3) is 0 Å². The van der Waals surface area contributed by atoms with Crippen molar-refractivity contribution >= 4 is 23.5 Å². The number of urea groups is 1. The van der Waals surface area contributed by atoms with Gasteiger partial charge in [-0.15, -0.1) is 0 Å². The Balaban J connectivity index is 2.01. The fourth-order valence-corrected chi connectivity index (χ4v) is 2.56. The molecule has 146 valence electrons. The molecule has 0 aromatic heterocycles. The summed E-state index contributed by atoms with van der Waals surface area (Å²) < 4.78 is 13.2. The number of benzene rings is 1. The van der Waals surface area contributed by atoms with Gasteiger partial charge in [0.15, 0.2) is 0 Å². The Kier molecular flexibility index (Phi) is 6.85. The predicted octanol–water partition coefficient (Wildman–Crippen LogP) is -0.641. The molecule has 10 heteroatoms. The lowest BCUT2D eigenvalue weighted by Crippen LogP contribution is -2.52. The highest BCUT2D eigenvalue weighted by atomic mass is 19.1. The lowest BCUT2D eigenvalue weighted by Gasteiger charge is -2.31. The van der Waals surface area contributed by atoms with E-state index in [9.17, 15) is 29.0 Å². The number of nitrogens with one attached hydrogen (secondary N) is 3. The molecule has 0 fully saturated rings. The van der Waals surface area contributed by atoms with Crippen LogP contribution >= 0.6 is 0 Å². The van der Waals surface area contributed by atoms with Gasteiger partial charge in [0.05, 0.1) is 12.1 Å². The largest absolute Gasteiger partial charge is 0.390 e. The highest BCUT2D eigenvalue weighted by Gasteiger charge is 2.33. The molecule has 1 aromatic carbocycles. The molecule has 2 rings (SSSR count). The number of hydrogen-bond acceptors (Lipinski definition) is 5. The average Bonchev–Trinajstić information content (AvgIpc) is 2.58. The molecule has 1 aromatic rings. The summed E-state index contributed by atoms with van der Waals surface area (Å²) in [6, 6.07) is 3.43. The quantitative estimate of drug-likeness (QED) is 0.387. The van der Waals surface area contributed by atoms with E-state index in [0.29, 0.717) is 0 Å². The van der Waals surface area contributed by atoms with Crippen LogP contribution in [0.5, 0.6) is 0 Å².